The second kappa shape index (κ2) is 7.46. The Morgan fingerprint density at radius 1 is 1.29 bits per heavy atom. The van der Waals surface area contributed by atoms with Crippen molar-refractivity contribution >= 4 is 34.4 Å². The van der Waals surface area contributed by atoms with Gasteiger partial charge in [0.05, 0.1) is 10.8 Å². The van der Waals surface area contributed by atoms with Gasteiger partial charge in [-0.05, 0) is 12.1 Å². The van der Waals surface area contributed by atoms with Crippen LogP contribution in [0.3, 0.4) is 0 Å². The molecule has 0 bridgehead atoms. The Morgan fingerprint density at radius 2 is 1.86 bits per heavy atom. The van der Waals surface area contributed by atoms with Gasteiger partial charge in [-0.2, -0.15) is 12.6 Å². The van der Waals surface area contributed by atoms with Gasteiger partial charge in [0.1, 0.15) is 5.75 Å². The number of aliphatic carboxylic acids is 1. The van der Waals surface area contributed by atoms with Crippen LogP contribution in [0.1, 0.15) is 6.92 Å². The number of thiol groups is 1. The zero-order valence-corrected chi connectivity index (χ0v) is 13.0. The van der Waals surface area contributed by atoms with Crippen molar-refractivity contribution in [3.8, 4) is 0 Å². The quantitative estimate of drug-likeness (QED) is 0.571. The molecule has 0 fully saturated rings. The Labute approximate surface area is 128 Å². The van der Waals surface area contributed by atoms with Gasteiger partial charge in [0, 0.05) is 5.75 Å². The van der Waals surface area contributed by atoms with E-state index in [-0.39, 0.29) is 10.6 Å². The number of carboxylic acids is 1. The van der Waals surface area contributed by atoms with Crippen LogP contribution in [0.15, 0.2) is 35.2 Å². The Bertz CT molecular complexity index is 596. The molecule has 0 aliphatic carbocycles. The molecule has 1 aromatic rings. The SMILES string of the molecule is C[C@H](CS)C(=O)O[C@@H](CS(=O)(=O)c1ccccc1)C(=O)O. The summed E-state index contributed by atoms with van der Waals surface area (Å²) in [7, 11) is -3.86. The highest BCUT2D eigenvalue weighted by molar-refractivity contribution is 7.91. The van der Waals surface area contributed by atoms with Gasteiger partial charge in [-0.25, -0.2) is 13.2 Å². The van der Waals surface area contributed by atoms with Crippen LogP contribution < -0.4 is 0 Å². The number of rotatable bonds is 7. The highest BCUT2D eigenvalue weighted by atomic mass is 32.2. The lowest BCUT2D eigenvalue weighted by Crippen LogP contribution is -2.35. The number of benzene rings is 1. The summed E-state index contributed by atoms with van der Waals surface area (Å²) in [5, 5.41) is 9.03. The molecule has 1 aromatic carbocycles. The van der Waals surface area contributed by atoms with Gasteiger partial charge in [-0.3, -0.25) is 4.79 Å². The third-order valence-corrected chi connectivity index (χ3v) is 4.96. The molecule has 8 heteroatoms. The fourth-order valence-corrected chi connectivity index (χ4v) is 2.93. The topological polar surface area (TPSA) is 97.7 Å². The van der Waals surface area contributed by atoms with Crippen LogP contribution in [0.4, 0.5) is 0 Å². The summed E-state index contributed by atoms with van der Waals surface area (Å²) in [6.07, 6.45) is -1.75. The Hall–Kier alpha value is -1.54. The van der Waals surface area contributed by atoms with Crippen LogP contribution in [-0.4, -0.2) is 43.1 Å². The smallest absolute Gasteiger partial charge is 0.346 e. The van der Waals surface area contributed by atoms with Crippen molar-refractivity contribution in [2.45, 2.75) is 17.9 Å². The maximum Gasteiger partial charge on any atom is 0.346 e. The number of sulfone groups is 1. The van der Waals surface area contributed by atoms with E-state index in [0.717, 1.165) is 0 Å². The predicted octanol–water partition coefficient (Wildman–Crippen LogP) is 1.02. The minimum Gasteiger partial charge on any atom is -0.478 e. The lowest BCUT2D eigenvalue weighted by atomic mass is 10.2. The largest absolute Gasteiger partial charge is 0.478 e. The van der Waals surface area contributed by atoms with Gasteiger partial charge < -0.3 is 9.84 Å². The number of esters is 1. The minimum atomic E-state index is -3.86. The molecule has 6 nitrogen and oxygen atoms in total. The molecule has 2 atom stereocenters. The highest BCUT2D eigenvalue weighted by Gasteiger charge is 2.31. The third-order valence-electron chi connectivity index (χ3n) is 2.68. The molecule has 0 aliphatic heterocycles. The van der Waals surface area contributed by atoms with Gasteiger partial charge in [-0.1, -0.05) is 25.1 Å². The molecule has 0 aliphatic rings. The molecule has 116 valence electrons. The molecule has 1 rings (SSSR count). The van der Waals surface area contributed by atoms with Crippen molar-refractivity contribution in [3.63, 3.8) is 0 Å². The number of ether oxygens (including phenoxy) is 1. The Kier molecular flexibility index (Phi) is 6.22. The molecule has 0 radical (unpaired) electrons. The molecular weight excluding hydrogens is 316 g/mol. The molecule has 0 spiro atoms. The molecular formula is C13H16O6S2. The van der Waals surface area contributed by atoms with Gasteiger partial charge >= 0.3 is 11.9 Å². The monoisotopic (exact) mass is 332 g/mol. The summed E-state index contributed by atoms with van der Waals surface area (Å²) in [5.41, 5.74) is 0. The van der Waals surface area contributed by atoms with Crippen LogP contribution in [0.2, 0.25) is 0 Å². The summed E-state index contributed by atoms with van der Waals surface area (Å²) < 4.78 is 29.0. The van der Waals surface area contributed by atoms with E-state index in [9.17, 15) is 18.0 Å². The van der Waals surface area contributed by atoms with Crippen molar-refractivity contribution in [1.29, 1.82) is 0 Å². The molecule has 0 unspecified atom stereocenters. The summed E-state index contributed by atoms with van der Waals surface area (Å²) in [6.45, 7) is 1.51. The highest BCUT2D eigenvalue weighted by Crippen LogP contribution is 2.14. The molecule has 0 aromatic heterocycles. The molecule has 0 saturated heterocycles. The van der Waals surface area contributed by atoms with E-state index in [1.54, 1.807) is 6.07 Å². The van der Waals surface area contributed by atoms with Crippen LogP contribution in [0.5, 0.6) is 0 Å². The number of carboxylic acid groups (broad SMARTS) is 1. The van der Waals surface area contributed by atoms with Crippen molar-refractivity contribution in [1.82, 2.24) is 0 Å². The number of hydrogen-bond acceptors (Lipinski definition) is 6. The van der Waals surface area contributed by atoms with E-state index in [1.165, 1.54) is 31.2 Å². The lowest BCUT2D eigenvalue weighted by molar-refractivity contribution is -0.164. The summed E-state index contributed by atoms with van der Waals surface area (Å²) in [4.78, 5) is 22.7. The second-order valence-corrected chi connectivity index (χ2v) is 6.84. The lowest BCUT2D eigenvalue weighted by Gasteiger charge is -2.16. The van der Waals surface area contributed by atoms with Crippen molar-refractivity contribution in [2.75, 3.05) is 11.5 Å². The van der Waals surface area contributed by atoms with E-state index >= 15 is 0 Å². The van der Waals surface area contributed by atoms with Crippen molar-refractivity contribution < 1.29 is 27.9 Å². The van der Waals surface area contributed by atoms with Gasteiger partial charge in [0.2, 0.25) is 6.10 Å². The van der Waals surface area contributed by atoms with E-state index in [0.29, 0.717) is 0 Å². The molecule has 21 heavy (non-hydrogen) atoms. The third kappa shape index (κ3) is 5.05. The summed E-state index contributed by atoms with van der Waals surface area (Å²) in [6, 6.07) is 7.40. The van der Waals surface area contributed by atoms with Crippen molar-refractivity contribution in [2.24, 2.45) is 5.92 Å². The summed E-state index contributed by atoms with van der Waals surface area (Å²) >= 11 is 3.91. The fraction of sp³-hybridized carbons (Fsp3) is 0.385. The predicted molar refractivity (Wildman–Crippen MR) is 79.0 cm³/mol. The van der Waals surface area contributed by atoms with Crippen molar-refractivity contribution in [3.05, 3.63) is 30.3 Å². The van der Waals surface area contributed by atoms with Crippen LogP contribution in [0.25, 0.3) is 0 Å². The average molecular weight is 332 g/mol. The average Bonchev–Trinajstić information content (AvgIpc) is 2.46. The number of hydrogen-bond donors (Lipinski definition) is 2. The first kappa shape index (κ1) is 17.5. The zero-order valence-electron chi connectivity index (χ0n) is 11.3. The first-order valence-corrected chi connectivity index (χ1v) is 8.38. The molecule has 0 amide bonds. The molecule has 0 saturated carbocycles. The fourth-order valence-electron chi connectivity index (χ4n) is 1.41. The summed E-state index contributed by atoms with van der Waals surface area (Å²) in [5.74, 6) is -3.54. The van der Waals surface area contributed by atoms with E-state index in [1.807, 2.05) is 0 Å². The Balaban J connectivity index is 2.89. The van der Waals surface area contributed by atoms with E-state index in [2.05, 4.69) is 12.6 Å². The van der Waals surface area contributed by atoms with E-state index in [4.69, 9.17) is 9.84 Å². The maximum atomic E-state index is 12.1. The Morgan fingerprint density at radius 3 is 2.33 bits per heavy atom. The van der Waals surface area contributed by atoms with Crippen LogP contribution in [0, 0.1) is 5.92 Å². The van der Waals surface area contributed by atoms with Gasteiger partial charge in [0.25, 0.3) is 0 Å². The first-order valence-electron chi connectivity index (χ1n) is 6.10. The molecule has 0 heterocycles. The molecule has 1 N–H and O–H groups in total. The normalized spacial score (nSPS) is 14.2. The van der Waals surface area contributed by atoms with Gasteiger partial charge in [0.15, 0.2) is 9.84 Å². The van der Waals surface area contributed by atoms with Gasteiger partial charge in [-0.15, -0.1) is 0 Å². The number of carbonyl (C=O) groups excluding carboxylic acids is 1. The second-order valence-electron chi connectivity index (χ2n) is 4.44. The maximum absolute atomic E-state index is 12.1. The standard InChI is InChI=1S/C13H16O6S2/c1-9(7-20)13(16)19-11(12(14)15)8-21(17,18)10-5-3-2-4-6-10/h2-6,9,11,20H,7-8H2,1H3,(H,14,15)/t9-,11+/m1/s1. The van der Waals surface area contributed by atoms with E-state index < -0.39 is 39.6 Å². The number of carbonyl (C=O) groups is 2. The van der Waals surface area contributed by atoms with Crippen LogP contribution >= 0.6 is 12.6 Å². The first-order chi connectivity index (χ1) is 9.77. The van der Waals surface area contributed by atoms with Crippen LogP contribution in [-0.2, 0) is 24.2 Å². The zero-order chi connectivity index (χ0) is 16.0. The minimum absolute atomic E-state index is 0.0189.